The average Bonchev–Trinajstić information content (AvgIpc) is 1.69. The monoisotopic (exact) mass is 214 g/mol. The van der Waals surface area contributed by atoms with E-state index in [4.69, 9.17) is 0 Å². The van der Waals surface area contributed by atoms with Crippen LogP contribution < -0.4 is 0 Å². The van der Waals surface area contributed by atoms with Crippen LogP contribution in [-0.2, 0) is 0 Å². The molecule has 1 unspecified atom stereocenters. The first-order valence-electron chi connectivity index (χ1n) is 2.47. The van der Waals surface area contributed by atoms with Crippen molar-refractivity contribution in [2.24, 2.45) is 0 Å². The molecule has 2 heteroatoms. The lowest BCUT2D eigenvalue weighted by Gasteiger charge is -2.04. The summed E-state index contributed by atoms with van der Waals surface area (Å²) in [4.78, 5) is 0. The van der Waals surface area contributed by atoms with Gasteiger partial charge in [-0.05, 0) is 19.3 Å². The third-order valence-corrected chi connectivity index (χ3v) is 3.50. The van der Waals surface area contributed by atoms with Crippen LogP contribution in [0, 0.1) is 0 Å². The number of halogens is 2. The molecule has 0 bridgehead atoms. The Morgan fingerprint density at radius 1 is 1.71 bits per heavy atom. The van der Waals surface area contributed by atoms with Gasteiger partial charge in [-0.25, -0.2) is 4.39 Å². The molecule has 1 atom stereocenters. The van der Waals surface area contributed by atoms with Crippen molar-refractivity contribution in [1.29, 1.82) is 0 Å². The van der Waals surface area contributed by atoms with E-state index in [1.165, 1.54) is 6.42 Å². The quantitative estimate of drug-likeness (QED) is 0.428. The fourth-order valence-corrected chi connectivity index (χ4v) is 2.72. The number of rotatable bonds is 0. The van der Waals surface area contributed by atoms with E-state index in [1.54, 1.807) is 0 Å². The normalized spacial score (nSPS) is 31.9. The molecule has 0 aromatic carbocycles. The largest absolute Gasteiger partial charge is 0.236 e. The van der Waals surface area contributed by atoms with Crippen molar-refractivity contribution in [2.45, 2.75) is 23.4 Å². The Kier molecular flexibility index (Phi) is 2.22. The van der Waals surface area contributed by atoms with Crippen LogP contribution in [-0.4, -0.2) is 8.19 Å². The van der Waals surface area contributed by atoms with E-state index in [0.717, 1.165) is 12.8 Å². The second-order valence-corrected chi connectivity index (χ2v) is 4.55. The van der Waals surface area contributed by atoms with Crippen LogP contribution in [0.3, 0.4) is 0 Å². The third-order valence-electron chi connectivity index (χ3n) is 0.961. The Hall–Kier alpha value is 0.530. The maximum atomic E-state index is 12.2. The molecule has 0 aliphatic carbocycles. The van der Waals surface area contributed by atoms with E-state index < -0.39 is 4.18 Å². The topological polar surface area (TPSA) is 0 Å². The molecule has 0 aromatic heterocycles. The minimum Gasteiger partial charge on any atom is -0.236 e. The molecule has 0 fully saturated rings. The summed E-state index contributed by atoms with van der Waals surface area (Å²) < 4.78 is 13.9. The molecule has 1 rings (SSSR count). The van der Waals surface area contributed by atoms with Gasteiger partial charge in [0.15, 0.2) is 0 Å². The molecule has 0 N–H and O–H groups in total. The molecule has 0 saturated heterocycles. The van der Waals surface area contributed by atoms with Gasteiger partial charge in [0.2, 0.25) is 0 Å². The van der Waals surface area contributed by atoms with Crippen LogP contribution in [0.4, 0.5) is 4.39 Å². The highest BCUT2D eigenvalue weighted by atomic mass is 127. The molecular formula is C5H8FI. The number of hydrogen-bond donors (Lipinski definition) is 0. The number of alkyl halides is 2. The van der Waals surface area contributed by atoms with Gasteiger partial charge in [0.05, 0.1) is 0 Å². The lowest BCUT2D eigenvalue weighted by atomic mass is 10.3. The summed E-state index contributed by atoms with van der Waals surface area (Å²) in [6, 6.07) is 0. The Labute approximate surface area is 52.9 Å². The van der Waals surface area contributed by atoms with Crippen LogP contribution in [0.1, 0.15) is 19.3 Å². The van der Waals surface area contributed by atoms with Crippen molar-refractivity contribution >= 4 is 24.7 Å². The van der Waals surface area contributed by atoms with Gasteiger partial charge in [-0.1, -0.05) is 24.7 Å². The van der Waals surface area contributed by atoms with Crippen molar-refractivity contribution in [3.63, 3.8) is 0 Å². The Morgan fingerprint density at radius 3 is 2.86 bits per heavy atom. The SMILES string of the molecule is FC1CCCC=I1. The lowest BCUT2D eigenvalue weighted by Crippen LogP contribution is -1.93. The summed E-state index contributed by atoms with van der Waals surface area (Å²) in [7, 11) is 0. The zero-order valence-corrected chi connectivity index (χ0v) is 6.19. The van der Waals surface area contributed by atoms with E-state index in [0.29, 0.717) is 0 Å². The predicted octanol–water partition coefficient (Wildman–Crippen LogP) is 2.24. The van der Waals surface area contributed by atoms with E-state index in [-0.39, 0.29) is 20.7 Å². The zero-order valence-electron chi connectivity index (χ0n) is 4.03. The molecule has 0 amide bonds. The second-order valence-electron chi connectivity index (χ2n) is 1.60. The predicted molar refractivity (Wildman–Crippen MR) is 38.8 cm³/mol. The van der Waals surface area contributed by atoms with Crippen molar-refractivity contribution < 1.29 is 4.39 Å². The lowest BCUT2D eigenvalue weighted by molar-refractivity contribution is 0.441. The fourth-order valence-electron chi connectivity index (χ4n) is 0.572. The molecule has 7 heavy (non-hydrogen) atoms. The molecule has 0 radical (unpaired) electrons. The summed E-state index contributed by atoms with van der Waals surface area (Å²) in [6.45, 7) is 0. The Balaban J connectivity index is 2.36. The first-order valence-corrected chi connectivity index (χ1v) is 4.96. The van der Waals surface area contributed by atoms with Gasteiger partial charge in [0.1, 0.15) is 4.18 Å². The highest BCUT2D eigenvalue weighted by Gasteiger charge is 2.03. The van der Waals surface area contributed by atoms with Crippen LogP contribution >= 0.6 is 20.7 Å². The summed E-state index contributed by atoms with van der Waals surface area (Å²) in [5.74, 6) is 0. The Morgan fingerprint density at radius 2 is 2.57 bits per heavy atom. The van der Waals surface area contributed by atoms with Crippen LogP contribution in [0.2, 0.25) is 0 Å². The Bertz CT molecular complexity index is 80.1. The first kappa shape index (κ1) is 5.66. The van der Waals surface area contributed by atoms with Gasteiger partial charge < -0.3 is 0 Å². The molecule has 0 saturated carbocycles. The van der Waals surface area contributed by atoms with Crippen molar-refractivity contribution in [3.8, 4) is 0 Å². The summed E-state index contributed by atoms with van der Waals surface area (Å²) in [6.07, 6.45) is 3.10. The smallest absolute Gasteiger partial charge is 0.146 e. The van der Waals surface area contributed by atoms with Gasteiger partial charge in [-0.2, -0.15) is 0 Å². The molecular weight excluding hydrogens is 206 g/mol. The zero-order chi connectivity index (χ0) is 5.11. The van der Waals surface area contributed by atoms with Gasteiger partial charge in [-0.15, -0.1) is 0 Å². The third kappa shape index (κ3) is 1.84. The maximum absolute atomic E-state index is 12.2. The van der Waals surface area contributed by atoms with Crippen molar-refractivity contribution in [3.05, 3.63) is 0 Å². The van der Waals surface area contributed by atoms with Crippen molar-refractivity contribution in [1.82, 2.24) is 0 Å². The number of hydrogen-bond acceptors (Lipinski definition) is 0. The molecule has 0 aromatic rings. The molecule has 0 nitrogen and oxygen atoms in total. The van der Waals surface area contributed by atoms with E-state index >= 15 is 0 Å². The average molecular weight is 214 g/mol. The second kappa shape index (κ2) is 2.74. The van der Waals surface area contributed by atoms with Crippen LogP contribution in [0.5, 0.6) is 0 Å². The van der Waals surface area contributed by atoms with Crippen LogP contribution in [0.15, 0.2) is 0 Å². The summed E-state index contributed by atoms with van der Waals surface area (Å²) >= 11 is -0.140. The van der Waals surface area contributed by atoms with Gasteiger partial charge in [0, 0.05) is 0 Å². The van der Waals surface area contributed by atoms with Crippen LogP contribution in [0.25, 0.3) is 0 Å². The maximum Gasteiger partial charge on any atom is 0.146 e. The minimum absolute atomic E-state index is 0.140. The highest BCUT2D eigenvalue weighted by Crippen LogP contribution is 2.21. The molecule has 0 spiro atoms. The van der Waals surface area contributed by atoms with Gasteiger partial charge in [0.25, 0.3) is 0 Å². The van der Waals surface area contributed by atoms with Gasteiger partial charge >= 0.3 is 0 Å². The van der Waals surface area contributed by atoms with Crippen molar-refractivity contribution in [2.75, 3.05) is 0 Å². The minimum atomic E-state index is -0.410. The molecule has 1 heterocycles. The summed E-state index contributed by atoms with van der Waals surface area (Å²) in [5.41, 5.74) is 0. The molecule has 1 aliphatic heterocycles. The first-order chi connectivity index (χ1) is 3.39. The molecule has 1 aliphatic rings. The summed E-state index contributed by atoms with van der Waals surface area (Å²) in [5, 5.41) is 0. The fraction of sp³-hybridized carbons (Fsp3) is 0.800. The standard InChI is InChI=1S/C5H8FI/c6-5-3-1-2-4-7-5/h4-5H,1-3H2. The van der Waals surface area contributed by atoms with E-state index in [2.05, 4.69) is 4.01 Å². The molecule has 42 valence electrons. The highest BCUT2D eigenvalue weighted by molar-refractivity contribution is 14.2. The van der Waals surface area contributed by atoms with Gasteiger partial charge in [-0.3, -0.25) is 0 Å². The van der Waals surface area contributed by atoms with E-state index in [9.17, 15) is 4.39 Å². The van der Waals surface area contributed by atoms with E-state index in [1.807, 2.05) is 0 Å².